The molecule has 0 atom stereocenters. The second-order valence-corrected chi connectivity index (χ2v) is 6.29. The Bertz CT molecular complexity index is 416. The van der Waals surface area contributed by atoms with Crippen LogP contribution >= 0.6 is 0 Å². The Labute approximate surface area is 167 Å². The van der Waals surface area contributed by atoms with Gasteiger partial charge in [0.2, 0.25) is 11.8 Å². The van der Waals surface area contributed by atoms with Gasteiger partial charge in [-0.25, -0.2) is 0 Å². The molecule has 0 rings (SSSR count). The van der Waals surface area contributed by atoms with Crippen molar-refractivity contribution in [3.05, 3.63) is 24.8 Å². The molecule has 0 unspecified atom stereocenters. The van der Waals surface area contributed by atoms with Crippen molar-refractivity contribution < 1.29 is 9.59 Å². The van der Waals surface area contributed by atoms with Crippen molar-refractivity contribution in [1.82, 2.24) is 20.4 Å². The monoisotopic (exact) mass is 382 g/mol. The fourth-order valence-electron chi connectivity index (χ4n) is 2.32. The molecule has 2 amide bonds. The van der Waals surface area contributed by atoms with Crippen molar-refractivity contribution in [3.63, 3.8) is 0 Å². The van der Waals surface area contributed by atoms with Crippen LogP contribution in [0.1, 0.15) is 47.5 Å². The molecule has 0 heterocycles. The summed E-state index contributed by atoms with van der Waals surface area (Å²) in [6.45, 7) is 25.1. The maximum absolute atomic E-state index is 11.1. The predicted octanol–water partition coefficient (Wildman–Crippen LogP) is 2.43. The molecule has 0 bridgehead atoms. The highest BCUT2D eigenvalue weighted by Crippen LogP contribution is 1.91. The van der Waals surface area contributed by atoms with Crippen LogP contribution in [0, 0.1) is 0 Å². The molecule has 0 aliphatic rings. The van der Waals surface area contributed by atoms with E-state index in [2.05, 4.69) is 61.3 Å². The van der Waals surface area contributed by atoms with E-state index in [1.54, 1.807) is 6.92 Å². The Hall–Kier alpha value is -1.66. The molecule has 0 saturated carbocycles. The lowest BCUT2D eigenvalue weighted by molar-refractivity contribution is -0.117. The lowest BCUT2D eigenvalue weighted by Crippen LogP contribution is -2.30. The highest BCUT2D eigenvalue weighted by molar-refractivity contribution is 5.92. The Morgan fingerprint density at radius 2 is 1.26 bits per heavy atom. The van der Waals surface area contributed by atoms with Crippen molar-refractivity contribution >= 4 is 11.8 Å². The van der Waals surface area contributed by atoms with Crippen LogP contribution in [0.25, 0.3) is 0 Å². The van der Waals surface area contributed by atoms with Crippen molar-refractivity contribution in [3.8, 4) is 0 Å². The van der Waals surface area contributed by atoms with Gasteiger partial charge < -0.3 is 20.4 Å². The summed E-state index contributed by atoms with van der Waals surface area (Å²) in [6.07, 6.45) is 3.30. The number of rotatable bonds is 14. The molecule has 27 heavy (non-hydrogen) atoms. The zero-order chi connectivity index (χ0) is 21.1. The van der Waals surface area contributed by atoms with Gasteiger partial charge in [-0.05, 0) is 65.1 Å². The minimum Gasteiger partial charge on any atom is -0.353 e. The average molecular weight is 383 g/mol. The van der Waals surface area contributed by atoms with Gasteiger partial charge in [0.15, 0.2) is 0 Å². The van der Waals surface area contributed by atoms with Crippen LogP contribution in [0.3, 0.4) is 0 Å². The van der Waals surface area contributed by atoms with E-state index in [0.29, 0.717) is 5.57 Å². The summed E-state index contributed by atoms with van der Waals surface area (Å²) in [5.74, 6) is -0.121. The van der Waals surface area contributed by atoms with Crippen molar-refractivity contribution in [2.75, 3.05) is 52.4 Å². The molecule has 0 aromatic carbocycles. The van der Waals surface area contributed by atoms with Crippen LogP contribution < -0.4 is 10.6 Å². The summed E-state index contributed by atoms with van der Waals surface area (Å²) in [4.78, 5) is 26.5. The first-order valence-electron chi connectivity index (χ1n) is 10.1. The SMILES string of the molecule is C=C(C)C(=O)NCCCN(CC)CC.C=CC(=O)NCCCN(CC)CC. The topological polar surface area (TPSA) is 64.7 Å². The van der Waals surface area contributed by atoms with Gasteiger partial charge in [-0.3, -0.25) is 9.59 Å². The number of hydrogen-bond acceptors (Lipinski definition) is 4. The Morgan fingerprint density at radius 1 is 0.852 bits per heavy atom. The molecule has 6 nitrogen and oxygen atoms in total. The van der Waals surface area contributed by atoms with E-state index in [9.17, 15) is 9.59 Å². The first-order chi connectivity index (χ1) is 12.9. The van der Waals surface area contributed by atoms with E-state index < -0.39 is 0 Å². The standard InChI is InChI=1S/C11H22N2O.C10H20N2O/c1-5-13(6-2)9-7-8-12-11(14)10(3)4;1-4-10(13)11-8-7-9-12(5-2)6-3/h3,5-9H2,1-2,4H3,(H,12,14);4H,1,5-9H2,2-3H3,(H,11,13). The van der Waals surface area contributed by atoms with Crippen LogP contribution in [0.2, 0.25) is 0 Å². The van der Waals surface area contributed by atoms with Gasteiger partial charge in [0.1, 0.15) is 0 Å². The van der Waals surface area contributed by atoms with Crippen LogP contribution in [0.15, 0.2) is 24.8 Å². The second kappa shape index (κ2) is 19.1. The molecule has 0 fully saturated rings. The van der Waals surface area contributed by atoms with Crippen LogP contribution in [-0.4, -0.2) is 74.0 Å². The Morgan fingerprint density at radius 3 is 1.59 bits per heavy atom. The highest BCUT2D eigenvalue weighted by Gasteiger charge is 2.01. The first-order valence-corrected chi connectivity index (χ1v) is 10.1. The minimum atomic E-state index is -0.0838. The number of nitrogens with one attached hydrogen (secondary N) is 2. The van der Waals surface area contributed by atoms with Gasteiger partial charge in [-0.1, -0.05) is 40.9 Å². The molecule has 158 valence electrons. The van der Waals surface area contributed by atoms with E-state index >= 15 is 0 Å². The number of nitrogens with zero attached hydrogens (tertiary/aromatic N) is 2. The van der Waals surface area contributed by atoms with Gasteiger partial charge in [-0.15, -0.1) is 0 Å². The van der Waals surface area contributed by atoms with Crippen LogP contribution in [0.5, 0.6) is 0 Å². The molecule has 0 aromatic heterocycles. The van der Waals surface area contributed by atoms with E-state index in [1.165, 1.54) is 6.08 Å². The molecule has 0 aromatic rings. The maximum Gasteiger partial charge on any atom is 0.246 e. The molecule has 0 radical (unpaired) electrons. The number of carbonyl (C=O) groups is 2. The molecule has 2 N–H and O–H groups in total. The van der Waals surface area contributed by atoms with E-state index in [0.717, 1.165) is 65.2 Å². The summed E-state index contributed by atoms with van der Waals surface area (Å²) < 4.78 is 0. The highest BCUT2D eigenvalue weighted by atomic mass is 16.2. The summed E-state index contributed by atoms with van der Waals surface area (Å²) in [7, 11) is 0. The van der Waals surface area contributed by atoms with Gasteiger partial charge in [0, 0.05) is 18.7 Å². The molecule has 0 saturated heterocycles. The third-order valence-electron chi connectivity index (χ3n) is 4.25. The molecule has 0 aliphatic carbocycles. The number of amides is 2. The normalized spacial score (nSPS) is 10.2. The van der Waals surface area contributed by atoms with Gasteiger partial charge >= 0.3 is 0 Å². The summed E-state index contributed by atoms with van der Waals surface area (Å²) >= 11 is 0. The van der Waals surface area contributed by atoms with E-state index in [1.807, 2.05) is 0 Å². The molecule has 6 heteroatoms. The predicted molar refractivity (Wildman–Crippen MR) is 116 cm³/mol. The summed E-state index contributed by atoms with van der Waals surface area (Å²) in [6, 6.07) is 0. The zero-order valence-corrected chi connectivity index (χ0v) is 18.3. The third kappa shape index (κ3) is 17.5. The summed E-state index contributed by atoms with van der Waals surface area (Å²) in [5, 5.41) is 5.57. The van der Waals surface area contributed by atoms with Gasteiger partial charge in [0.25, 0.3) is 0 Å². The lowest BCUT2D eigenvalue weighted by atomic mass is 10.3. The lowest BCUT2D eigenvalue weighted by Gasteiger charge is -2.17. The third-order valence-corrected chi connectivity index (χ3v) is 4.25. The molecular weight excluding hydrogens is 340 g/mol. The second-order valence-electron chi connectivity index (χ2n) is 6.29. The van der Waals surface area contributed by atoms with Gasteiger partial charge in [-0.2, -0.15) is 0 Å². The maximum atomic E-state index is 11.1. The Kier molecular flexibility index (Phi) is 19.5. The van der Waals surface area contributed by atoms with Crippen LogP contribution in [0.4, 0.5) is 0 Å². The smallest absolute Gasteiger partial charge is 0.246 e. The molecule has 0 aliphatic heterocycles. The largest absolute Gasteiger partial charge is 0.353 e. The number of carbonyl (C=O) groups excluding carboxylic acids is 2. The molecule has 0 spiro atoms. The van der Waals surface area contributed by atoms with Crippen molar-refractivity contribution in [1.29, 1.82) is 0 Å². The average Bonchev–Trinajstić information content (AvgIpc) is 2.68. The van der Waals surface area contributed by atoms with Crippen LogP contribution in [-0.2, 0) is 9.59 Å². The first kappa shape index (κ1) is 27.6. The molecular formula is C21H42N4O2. The van der Waals surface area contributed by atoms with Crippen molar-refractivity contribution in [2.24, 2.45) is 0 Å². The zero-order valence-electron chi connectivity index (χ0n) is 18.3. The van der Waals surface area contributed by atoms with Gasteiger partial charge in [0.05, 0.1) is 0 Å². The van der Waals surface area contributed by atoms with E-state index in [-0.39, 0.29) is 11.8 Å². The van der Waals surface area contributed by atoms with E-state index in [4.69, 9.17) is 0 Å². The fraction of sp³-hybridized carbons (Fsp3) is 0.714. The Balaban J connectivity index is 0. The quantitative estimate of drug-likeness (QED) is 0.358. The minimum absolute atomic E-state index is 0.0375. The summed E-state index contributed by atoms with van der Waals surface area (Å²) in [5.41, 5.74) is 0.577. The van der Waals surface area contributed by atoms with Crippen molar-refractivity contribution in [2.45, 2.75) is 47.5 Å². The fourth-order valence-corrected chi connectivity index (χ4v) is 2.32. The number of hydrogen-bond donors (Lipinski definition) is 2.